The number of rotatable bonds is 1. The van der Waals surface area contributed by atoms with Crippen molar-refractivity contribution in [1.29, 1.82) is 0 Å². The molecule has 1 atom stereocenters. The van der Waals surface area contributed by atoms with Gasteiger partial charge < -0.3 is 42.4 Å². The van der Waals surface area contributed by atoms with Gasteiger partial charge in [-0.1, -0.05) is 0 Å². The highest BCUT2D eigenvalue weighted by molar-refractivity contribution is 5.68. The first kappa shape index (κ1) is 48.7. The Balaban J connectivity index is -0.0000000125. The van der Waals surface area contributed by atoms with Crippen molar-refractivity contribution in [2.75, 3.05) is 0 Å². The van der Waals surface area contributed by atoms with E-state index in [1.807, 2.05) is 0 Å². The summed E-state index contributed by atoms with van der Waals surface area (Å²) in [5, 5.41) is 17.3. The van der Waals surface area contributed by atoms with E-state index in [0.29, 0.717) is 0 Å². The molecule has 11 N–H and O–H groups in total. The van der Waals surface area contributed by atoms with Crippen molar-refractivity contribution in [3.05, 3.63) is 0 Å². The quantitative estimate of drug-likeness (QED) is 0.415. The van der Waals surface area contributed by atoms with E-state index in [4.69, 9.17) is 5.11 Å². The van der Waals surface area contributed by atoms with Crippen molar-refractivity contribution in [3.63, 3.8) is 0 Å². The third-order valence-corrected chi connectivity index (χ3v) is 0.341. The van der Waals surface area contributed by atoms with Gasteiger partial charge in [-0.2, -0.15) is 0 Å². The zero-order valence-electron chi connectivity index (χ0n) is 5.84. The largest absolute Gasteiger partial charge is 0.547 e. The number of hydrogen-bond acceptors (Lipinski definition) is 3. The van der Waals surface area contributed by atoms with E-state index < -0.39 is 12.1 Å². The molecule has 0 radical (unpaired) electrons. The van der Waals surface area contributed by atoms with Gasteiger partial charge in [-0.15, -0.1) is 0 Å². The van der Waals surface area contributed by atoms with Crippen molar-refractivity contribution >= 4 is 5.97 Å². The fraction of sp³-hybridized carbons (Fsp3) is 0.667. The fourth-order valence-corrected chi connectivity index (χ4v) is 0. The van der Waals surface area contributed by atoms with Crippen molar-refractivity contribution in [1.82, 2.24) is 0 Å². The van der Waals surface area contributed by atoms with Crippen LogP contribution in [0, 0.1) is 0 Å². The highest BCUT2D eigenvalue weighted by atomic mass is 16.4. The van der Waals surface area contributed by atoms with Crippen LogP contribution in [0.15, 0.2) is 0 Å². The monoisotopic (exact) mass is 179 g/mol. The SMILES string of the molecule is CC(O)C(=O)[O-].O.O.O.O.O. The van der Waals surface area contributed by atoms with Crippen LogP contribution in [0.25, 0.3) is 0 Å². The molecule has 0 rings (SSSR count). The first-order valence-electron chi connectivity index (χ1n) is 1.53. The van der Waals surface area contributed by atoms with Crippen LogP contribution in [0.4, 0.5) is 0 Å². The third kappa shape index (κ3) is 46.2. The molecule has 0 saturated carbocycles. The number of carbonyl (C=O) groups excluding carboxylic acids is 1. The molecule has 0 heterocycles. The molecule has 0 aromatic rings. The second-order valence-electron chi connectivity index (χ2n) is 0.995. The van der Waals surface area contributed by atoms with Crippen molar-refractivity contribution in [2.24, 2.45) is 0 Å². The minimum absolute atomic E-state index is 0. The normalized spacial score (nSPS) is 7.45. The summed E-state index contributed by atoms with van der Waals surface area (Å²) in [5.74, 6) is -1.44. The van der Waals surface area contributed by atoms with Gasteiger partial charge in [0, 0.05) is 0 Å². The van der Waals surface area contributed by atoms with Gasteiger partial charge in [-0.25, -0.2) is 0 Å². The lowest BCUT2D eigenvalue weighted by molar-refractivity contribution is -0.314. The van der Waals surface area contributed by atoms with E-state index in [2.05, 4.69) is 0 Å². The number of carboxylic acid groups (broad SMARTS) is 1. The highest BCUT2D eigenvalue weighted by Crippen LogP contribution is 1.69. The van der Waals surface area contributed by atoms with Gasteiger partial charge in [0.05, 0.1) is 12.1 Å². The lowest BCUT2D eigenvalue weighted by Gasteiger charge is -2.00. The number of aliphatic carboxylic acids is 1. The minimum atomic E-state index is -1.44. The Hall–Kier alpha value is -0.770. The minimum Gasteiger partial charge on any atom is -0.547 e. The number of aliphatic hydroxyl groups is 1. The molecular weight excluding hydrogens is 164 g/mol. The van der Waals surface area contributed by atoms with Crippen LogP contribution in [0.2, 0.25) is 0 Å². The van der Waals surface area contributed by atoms with Gasteiger partial charge >= 0.3 is 0 Å². The molecule has 0 aromatic heterocycles. The highest BCUT2D eigenvalue weighted by Gasteiger charge is 1.89. The second-order valence-corrected chi connectivity index (χ2v) is 0.995. The molecule has 0 fully saturated rings. The zero-order valence-corrected chi connectivity index (χ0v) is 5.84. The van der Waals surface area contributed by atoms with Crippen LogP contribution in [0.3, 0.4) is 0 Å². The number of hydrogen-bond donors (Lipinski definition) is 1. The summed E-state index contributed by atoms with van der Waals surface area (Å²) < 4.78 is 0. The molecule has 0 aromatic carbocycles. The van der Waals surface area contributed by atoms with E-state index in [-0.39, 0.29) is 27.4 Å². The Kier molecular flexibility index (Phi) is 101. The summed E-state index contributed by atoms with van der Waals surface area (Å²) >= 11 is 0. The van der Waals surface area contributed by atoms with Crippen molar-refractivity contribution in [3.8, 4) is 0 Å². The predicted octanol–water partition coefficient (Wildman–Crippen LogP) is -6.01. The Labute approximate surface area is 62.6 Å². The average Bonchev–Trinajstić information content (AvgIpc) is 1.36. The standard InChI is InChI=1S/C3H6O3.5H2O/c1-2(4)3(5)6;;;;;/h2,4H,1H3,(H,5,6);5*1H2/p-1. The van der Waals surface area contributed by atoms with Crippen molar-refractivity contribution < 1.29 is 42.4 Å². The van der Waals surface area contributed by atoms with Gasteiger partial charge in [0.15, 0.2) is 0 Å². The molecular formula is C3H15O8-. The predicted molar refractivity (Wildman–Crippen MR) is 34.8 cm³/mol. The molecule has 0 amide bonds. The van der Waals surface area contributed by atoms with Gasteiger partial charge in [0.25, 0.3) is 0 Å². The van der Waals surface area contributed by atoms with Gasteiger partial charge in [-0.3, -0.25) is 0 Å². The Bertz CT molecular complexity index is 60.4. The van der Waals surface area contributed by atoms with Crippen LogP contribution < -0.4 is 5.11 Å². The average molecular weight is 179 g/mol. The van der Waals surface area contributed by atoms with Crippen LogP contribution in [-0.4, -0.2) is 44.6 Å². The molecule has 0 saturated heterocycles. The number of carbonyl (C=O) groups is 1. The Morgan fingerprint density at radius 2 is 1.27 bits per heavy atom. The summed E-state index contributed by atoms with van der Waals surface area (Å²) in [6.07, 6.45) is -1.34. The smallest absolute Gasteiger partial charge is 0.0905 e. The maximum absolute atomic E-state index is 9.34. The molecule has 0 aliphatic carbocycles. The summed E-state index contributed by atoms with van der Waals surface area (Å²) in [7, 11) is 0. The summed E-state index contributed by atoms with van der Waals surface area (Å²) in [6, 6.07) is 0. The molecule has 0 aliphatic rings. The number of carboxylic acids is 1. The molecule has 8 nitrogen and oxygen atoms in total. The molecule has 1 unspecified atom stereocenters. The fourth-order valence-electron chi connectivity index (χ4n) is 0. The molecule has 11 heavy (non-hydrogen) atoms. The second kappa shape index (κ2) is 22.9. The van der Waals surface area contributed by atoms with E-state index in [0.717, 1.165) is 6.92 Å². The van der Waals surface area contributed by atoms with E-state index in [1.165, 1.54) is 0 Å². The van der Waals surface area contributed by atoms with Crippen LogP contribution in [-0.2, 0) is 4.79 Å². The summed E-state index contributed by atoms with van der Waals surface area (Å²) in [6.45, 7) is 1.13. The van der Waals surface area contributed by atoms with E-state index >= 15 is 0 Å². The summed E-state index contributed by atoms with van der Waals surface area (Å²) in [4.78, 5) is 9.34. The van der Waals surface area contributed by atoms with Gasteiger partial charge in [-0.05, 0) is 6.92 Å². The molecule has 0 aliphatic heterocycles. The number of aliphatic hydroxyl groups excluding tert-OH is 1. The van der Waals surface area contributed by atoms with Crippen LogP contribution in [0.5, 0.6) is 0 Å². The summed E-state index contributed by atoms with van der Waals surface area (Å²) in [5.41, 5.74) is 0. The van der Waals surface area contributed by atoms with Crippen molar-refractivity contribution in [2.45, 2.75) is 13.0 Å². The van der Waals surface area contributed by atoms with Crippen LogP contribution >= 0.6 is 0 Å². The van der Waals surface area contributed by atoms with E-state index in [1.54, 1.807) is 0 Å². The maximum Gasteiger partial charge on any atom is 0.0905 e. The van der Waals surface area contributed by atoms with Gasteiger partial charge in [0.1, 0.15) is 0 Å². The zero-order chi connectivity index (χ0) is 5.15. The maximum atomic E-state index is 9.34. The lowest BCUT2D eigenvalue weighted by atomic mass is 10.4. The molecule has 8 heteroatoms. The van der Waals surface area contributed by atoms with Gasteiger partial charge in [0.2, 0.25) is 0 Å². The Morgan fingerprint density at radius 1 is 1.18 bits per heavy atom. The molecule has 0 spiro atoms. The molecule has 76 valence electrons. The molecule has 0 bridgehead atoms. The lowest BCUT2D eigenvalue weighted by Crippen LogP contribution is -2.32. The van der Waals surface area contributed by atoms with Crippen LogP contribution in [0.1, 0.15) is 6.92 Å². The Morgan fingerprint density at radius 3 is 1.27 bits per heavy atom. The van der Waals surface area contributed by atoms with E-state index in [9.17, 15) is 9.90 Å². The topological polar surface area (TPSA) is 218 Å². The first-order valence-corrected chi connectivity index (χ1v) is 1.53. The first-order chi connectivity index (χ1) is 2.64. The third-order valence-electron chi connectivity index (χ3n) is 0.341.